The molecular weight excluding hydrogens is 318 g/mol. The zero-order chi connectivity index (χ0) is 17.0. The van der Waals surface area contributed by atoms with Gasteiger partial charge in [-0.15, -0.1) is 10.2 Å². The molecule has 7 nitrogen and oxygen atoms in total. The number of nitrogens with zero attached hydrogens (tertiary/aromatic N) is 3. The fourth-order valence-electron chi connectivity index (χ4n) is 2.19. The Kier molecular flexibility index (Phi) is 5.33. The molecule has 0 saturated carbocycles. The first-order valence-corrected chi connectivity index (χ1v) is 7.48. The van der Waals surface area contributed by atoms with Gasteiger partial charge in [-0.3, -0.25) is 5.43 Å². The van der Waals surface area contributed by atoms with Crippen LogP contribution in [0.1, 0.15) is 41.2 Å². The van der Waals surface area contributed by atoms with Crippen LogP contribution in [0.4, 0.5) is 5.82 Å². The average Bonchev–Trinajstić information content (AvgIpc) is 2.81. The molecule has 0 bridgehead atoms. The first kappa shape index (κ1) is 17.0. The maximum Gasteiger partial charge on any atom is 0.340 e. The highest BCUT2D eigenvalue weighted by Gasteiger charge is 2.20. The van der Waals surface area contributed by atoms with Crippen molar-refractivity contribution in [3.05, 3.63) is 39.8 Å². The van der Waals surface area contributed by atoms with Gasteiger partial charge in [0.1, 0.15) is 0 Å². The molecule has 2 heterocycles. The molecule has 0 aliphatic carbocycles. The van der Waals surface area contributed by atoms with Gasteiger partial charge in [0.15, 0.2) is 11.0 Å². The maximum atomic E-state index is 12.0. The van der Waals surface area contributed by atoms with Gasteiger partial charge in [-0.05, 0) is 45.4 Å². The molecule has 2 N–H and O–H groups in total. The Labute approximate surface area is 139 Å². The van der Waals surface area contributed by atoms with Gasteiger partial charge in [0.2, 0.25) is 0 Å². The minimum Gasteiger partial charge on any atom is -0.462 e. The summed E-state index contributed by atoms with van der Waals surface area (Å²) in [6, 6.07) is 3.29. The van der Waals surface area contributed by atoms with Gasteiger partial charge in [-0.1, -0.05) is 11.6 Å². The Morgan fingerprint density at radius 2 is 2.13 bits per heavy atom. The van der Waals surface area contributed by atoms with Crippen molar-refractivity contribution in [3.8, 4) is 0 Å². The van der Waals surface area contributed by atoms with E-state index in [0.29, 0.717) is 28.9 Å². The van der Waals surface area contributed by atoms with Crippen LogP contribution in [0.5, 0.6) is 0 Å². The third kappa shape index (κ3) is 3.87. The molecule has 0 amide bonds. The minimum atomic E-state index is -0.339. The number of H-pyrrole nitrogens is 1. The normalized spacial score (nSPS) is 11.4. The summed E-state index contributed by atoms with van der Waals surface area (Å²) in [6.45, 7) is 7.62. The van der Waals surface area contributed by atoms with Gasteiger partial charge in [-0.2, -0.15) is 5.10 Å². The molecular formula is C15H18ClN5O2. The number of hydrazone groups is 1. The van der Waals surface area contributed by atoms with Crippen LogP contribution in [0.3, 0.4) is 0 Å². The minimum absolute atomic E-state index is 0.311. The Bertz CT molecular complexity index is 737. The van der Waals surface area contributed by atoms with Crippen molar-refractivity contribution in [2.24, 2.45) is 5.10 Å². The summed E-state index contributed by atoms with van der Waals surface area (Å²) >= 11 is 5.68. The molecule has 0 aliphatic heterocycles. The summed E-state index contributed by atoms with van der Waals surface area (Å²) in [4.78, 5) is 15.2. The molecule has 0 aliphatic rings. The topological polar surface area (TPSA) is 92.3 Å². The van der Waals surface area contributed by atoms with Gasteiger partial charge < -0.3 is 9.72 Å². The lowest BCUT2D eigenvalue weighted by molar-refractivity contribution is 0.0525. The second kappa shape index (κ2) is 7.23. The van der Waals surface area contributed by atoms with Crippen LogP contribution in [0.25, 0.3) is 0 Å². The number of hydrogen-bond donors (Lipinski definition) is 2. The van der Waals surface area contributed by atoms with E-state index >= 15 is 0 Å². The summed E-state index contributed by atoms with van der Waals surface area (Å²) in [5.41, 5.74) is 6.33. The molecule has 8 heteroatoms. The SMILES string of the molecule is CCOC(=O)c1c(C)[nH]c(/C(C)=N/Nc2ccc(Cl)nn2)c1C. The second-order valence-corrected chi connectivity index (χ2v) is 5.28. The van der Waals surface area contributed by atoms with E-state index < -0.39 is 0 Å². The van der Waals surface area contributed by atoms with Crippen LogP contribution in [-0.2, 0) is 4.74 Å². The lowest BCUT2D eigenvalue weighted by Gasteiger charge is -2.04. The Morgan fingerprint density at radius 1 is 1.39 bits per heavy atom. The Balaban J connectivity index is 2.23. The van der Waals surface area contributed by atoms with E-state index in [1.165, 1.54) is 0 Å². The van der Waals surface area contributed by atoms with Gasteiger partial charge >= 0.3 is 5.97 Å². The van der Waals surface area contributed by atoms with Gasteiger partial charge in [0, 0.05) is 5.69 Å². The summed E-state index contributed by atoms with van der Waals surface area (Å²) in [6.07, 6.45) is 0. The Morgan fingerprint density at radius 3 is 2.74 bits per heavy atom. The van der Waals surface area contributed by atoms with Crippen molar-refractivity contribution in [1.82, 2.24) is 15.2 Å². The molecule has 0 atom stereocenters. The monoisotopic (exact) mass is 335 g/mol. The summed E-state index contributed by atoms with van der Waals surface area (Å²) in [5, 5.41) is 12.1. The smallest absolute Gasteiger partial charge is 0.340 e. The third-order valence-electron chi connectivity index (χ3n) is 3.25. The van der Waals surface area contributed by atoms with Crippen molar-refractivity contribution in [2.75, 3.05) is 12.0 Å². The first-order chi connectivity index (χ1) is 10.9. The molecule has 2 rings (SSSR count). The van der Waals surface area contributed by atoms with Crippen LogP contribution in [0, 0.1) is 13.8 Å². The molecule has 0 saturated heterocycles. The summed E-state index contributed by atoms with van der Waals surface area (Å²) < 4.78 is 5.08. The fourth-order valence-corrected chi connectivity index (χ4v) is 2.29. The van der Waals surface area contributed by atoms with Crippen molar-refractivity contribution >= 4 is 29.1 Å². The van der Waals surface area contributed by atoms with E-state index in [0.717, 1.165) is 17.0 Å². The first-order valence-electron chi connectivity index (χ1n) is 7.10. The van der Waals surface area contributed by atoms with Crippen LogP contribution < -0.4 is 5.43 Å². The molecule has 2 aromatic heterocycles. The predicted octanol–water partition coefficient (Wildman–Crippen LogP) is 3.09. The molecule has 122 valence electrons. The van der Waals surface area contributed by atoms with Gasteiger partial charge in [0.25, 0.3) is 0 Å². The molecule has 0 fully saturated rings. The number of anilines is 1. The number of aromatic amines is 1. The quantitative estimate of drug-likeness (QED) is 0.497. The van der Waals surface area contributed by atoms with Crippen LogP contribution in [0.2, 0.25) is 5.15 Å². The highest BCUT2D eigenvalue weighted by Crippen LogP contribution is 2.20. The number of esters is 1. The average molecular weight is 336 g/mol. The number of rotatable bonds is 5. The van der Waals surface area contributed by atoms with E-state index in [1.54, 1.807) is 19.1 Å². The zero-order valence-corrected chi connectivity index (χ0v) is 14.2. The van der Waals surface area contributed by atoms with E-state index in [2.05, 4.69) is 25.7 Å². The number of nitrogens with one attached hydrogen (secondary N) is 2. The van der Waals surface area contributed by atoms with Crippen LogP contribution in [0.15, 0.2) is 17.2 Å². The van der Waals surface area contributed by atoms with Crippen molar-refractivity contribution in [2.45, 2.75) is 27.7 Å². The van der Waals surface area contributed by atoms with E-state index in [4.69, 9.17) is 16.3 Å². The lowest BCUT2D eigenvalue weighted by atomic mass is 10.1. The van der Waals surface area contributed by atoms with Gasteiger partial charge in [-0.25, -0.2) is 4.79 Å². The number of hydrogen-bond acceptors (Lipinski definition) is 6. The maximum absolute atomic E-state index is 12.0. The number of carbonyl (C=O) groups is 1. The number of aryl methyl sites for hydroxylation is 1. The number of aromatic nitrogens is 3. The second-order valence-electron chi connectivity index (χ2n) is 4.90. The highest BCUT2D eigenvalue weighted by molar-refractivity contribution is 6.29. The predicted molar refractivity (Wildman–Crippen MR) is 89.1 cm³/mol. The molecule has 0 aromatic carbocycles. The van der Waals surface area contributed by atoms with Crippen molar-refractivity contribution in [3.63, 3.8) is 0 Å². The number of halogens is 1. The molecule has 2 aromatic rings. The number of ether oxygens (including phenoxy) is 1. The fraction of sp³-hybridized carbons (Fsp3) is 0.333. The summed E-state index contributed by atoms with van der Waals surface area (Å²) in [5.74, 6) is 0.134. The largest absolute Gasteiger partial charge is 0.462 e. The van der Waals surface area contributed by atoms with Crippen LogP contribution >= 0.6 is 11.6 Å². The van der Waals surface area contributed by atoms with E-state index in [9.17, 15) is 4.79 Å². The zero-order valence-electron chi connectivity index (χ0n) is 13.4. The van der Waals surface area contributed by atoms with Crippen molar-refractivity contribution in [1.29, 1.82) is 0 Å². The van der Waals surface area contributed by atoms with Crippen molar-refractivity contribution < 1.29 is 9.53 Å². The highest BCUT2D eigenvalue weighted by atomic mass is 35.5. The molecule has 0 spiro atoms. The Hall–Kier alpha value is -2.41. The standard InChI is InChI=1S/C15H18ClN5O2/c1-5-23-15(22)13-8(2)14(17-9(13)3)10(4)18-20-12-7-6-11(16)19-21-12/h6-7,17H,5H2,1-4H3,(H,20,21)/b18-10+. The molecule has 0 unspecified atom stereocenters. The third-order valence-corrected chi connectivity index (χ3v) is 3.45. The molecule has 0 radical (unpaired) electrons. The summed E-state index contributed by atoms with van der Waals surface area (Å²) in [7, 11) is 0. The van der Waals surface area contributed by atoms with Gasteiger partial charge in [0.05, 0.1) is 23.6 Å². The van der Waals surface area contributed by atoms with Crippen LogP contribution in [-0.4, -0.2) is 33.5 Å². The lowest BCUT2D eigenvalue weighted by Crippen LogP contribution is -2.07. The van der Waals surface area contributed by atoms with E-state index in [1.807, 2.05) is 20.8 Å². The molecule has 23 heavy (non-hydrogen) atoms. The number of carbonyl (C=O) groups excluding carboxylic acids is 1. The van der Waals surface area contributed by atoms with E-state index in [-0.39, 0.29) is 5.97 Å².